The molecule has 1 fully saturated rings. The molecule has 0 aromatic carbocycles. The largest absolute Gasteiger partial charge is 0.391 e. The summed E-state index contributed by atoms with van der Waals surface area (Å²) in [6.07, 6.45) is 2.78. The van der Waals surface area contributed by atoms with Crippen molar-refractivity contribution in [3.63, 3.8) is 0 Å². The van der Waals surface area contributed by atoms with E-state index in [-0.39, 0.29) is 6.10 Å². The zero-order valence-electron chi connectivity index (χ0n) is 7.09. The lowest BCUT2D eigenvalue weighted by atomic mass is 9.89. The molecular weight excluding hydrogens is 138 g/mol. The minimum Gasteiger partial charge on any atom is -0.391 e. The monoisotopic (exact) mass is 155 g/mol. The summed E-state index contributed by atoms with van der Waals surface area (Å²) in [6.45, 7) is 7.57. The molecule has 0 aliphatic carbocycles. The Kier molecular flexibility index (Phi) is 3.09. The first-order chi connectivity index (χ1) is 5.25. The lowest BCUT2D eigenvalue weighted by Crippen LogP contribution is -2.24. The Hall–Kier alpha value is -0.340. The van der Waals surface area contributed by atoms with Crippen molar-refractivity contribution in [2.45, 2.75) is 19.4 Å². The highest BCUT2D eigenvalue weighted by Gasteiger charge is 2.28. The van der Waals surface area contributed by atoms with E-state index in [1.165, 1.54) is 0 Å². The Balaban J connectivity index is 2.38. The minimum atomic E-state index is -0.148. The second kappa shape index (κ2) is 3.88. The summed E-state index contributed by atoms with van der Waals surface area (Å²) in [4.78, 5) is 0. The van der Waals surface area contributed by atoms with Crippen LogP contribution < -0.4 is 5.32 Å². The van der Waals surface area contributed by atoms with E-state index in [0.717, 1.165) is 19.5 Å². The fraction of sp³-hybridized carbons (Fsp3) is 0.778. The number of nitrogens with one attached hydrogen (secondary N) is 1. The molecule has 0 aromatic rings. The van der Waals surface area contributed by atoms with Gasteiger partial charge < -0.3 is 10.4 Å². The van der Waals surface area contributed by atoms with E-state index in [1.807, 2.05) is 6.08 Å². The van der Waals surface area contributed by atoms with Crippen molar-refractivity contribution in [1.82, 2.24) is 5.32 Å². The van der Waals surface area contributed by atoms with E-state index in [4.69, 9.17) is 0 Å². The number of hydrogen-bond acceptors (Lipinski definition) is 2. The third-order valence-electron chi connectivity index (χ3n) is 2.50. The first-order valence-electron chi connectivity index (χ1n) is 4.25. The van der Waals surface area contributed by atoms with E-state index >= 15 is 0 Å². The number of rotatable bonds is 3. The summed E-state index contributed by atoms with van der Waals surface area (Å²) < 4.78 is 0. The van der Waals surface area contributed by atoms with Crippen molar-refractivity contribution in [3.05, 3.63) is 12.7 Å². The molecule has 0 radical (unpaired) electrons. The van der Waals surface area contributed by atoms with Crippen LogP contribution in [0.2, 0.25) is 0 Å². The molecule has 2 N–H and O–H groups in total. The maximum Gasteiger partial charge on any atom is 0.0707 e. The predicted molar refractivity (Wildman–Crippen MR) is 46.3 cm³/mol. The van der Waals surface area contributed by atoms with Gasteiger partial charge in [0.2, 0.25) is 0 Å². The number of allylic oxidation sites excluding steroid dienone is 1. The Morgan fingerprint density at radius 2 is 2.45 bits per heavy atom. The van der Waals surface area contributed by atoms with Crippen molar-refractivity contribution in [3.8, 4) is 0 Å². The molecule has 3 unspecified atom stereocenters. The molecule has 3 atom stereocenters. The first-order valence-corrected chi connectivity index (χ1v) is 4.25. The molecule has 1 rings (SSSR count). The van der Waals surface area contributed by atoms with Gasteiger partial charge in [-0.05, 0) is 12.3 Å². The first kappa shape index (κ1) is 8.75. The Bertz CT molecular complexity index is 136. The molecule has 2 nitrogen and oxygen atoms in total. The van der Waals surface area contributed by atoms with Crippen LogP contribution in [0.3, 0.4) is 0 Å². The maximum atomic E-state index is 9.49. The molecule has 0 spiro atoms. The summed E-state index contributed by atoms with van der Waals surface area (Å²) >= 11 is 0. The number of aliphatic hydroxyl groups excluding tert-OH is 1. The van der Waals surface area contributed by atoms with Crippen LogP contribution in [0.4, 0.5) is 0 Å². The standard InChI is InChI=1S/C9H17NO/c1-3-4-7(2)8-5-10-6-9(8)11/h3,7-11H,1,4-6H2,2H3. The number of hydrogen-bond donors (Lipinski definition) is 2. The lowest BCUT2D eigenvalue weighted by molar-refractivity contribution is 0.119. The van der Waals surface area contributed by atoms with Gasteiger partial charge in [0.25, 0.3) is 0 Å². The minimum absolute atomic E-state index is 0.148. The van der Waals surface area contributed by atoms with Crippen LogP contribution in [-0.4, -0.2) is 24.3 Å². The quantitative estimate of drug-likeness (QED) is 0.590. The van der Waals surface area contributed by atoms with Crippen molar-refractivity contribution in [2.24, 2.45) is 11.8 Å². The van der Waals surface area contributed by atoms with Crippen LogP contribution in [0.1, 0.15) is 13.3 Å². The number of β-amino-alcohol motifs (C(OH)–C–C–N with tert-alkyl or cyclic N) is 1. The Labute approximate surface area is 68.3 Å². The second-order valence-electron chi connectivity index (χ2n) is 3.39. The summed E-state index contributed by atoms with van der Waals surface area (Å²) in [7, 11) is 0. The summed E-state index contributed by atoms with van der Waals surface area (Å²) in [5.74, 6) is 0.977. The molecule has 11 heavy (non-hydrogen) atoms. The highest BCUT2D eigenvalue weighted by molar-refractivity contribution is 4.86. The molecule has 0 aromatic heterocycles. The predicted octanol–water partition coefficient (Wildman–Crippen LogP) is 0.779. The summed E-state index contributed by atoms with van der Waals surface area (Å²) in [5.41, 5.74) is 0. The van der Waals surface area contributed by atoms with Crippen LogP contribution in [0.25, 0.3) is 0 Å². The third kappa shape index (κ3) is 2.04. The van der Waals surface area contributed by atoms with Crippen molar-refractivity contribution in [2.75, 3.05) is 13.1 Å². The van der Waals surface area contributed by atoms with Crippen LogP contribution in [0, 0.1) is 11.8 Å². The van der Waals surface area contributed by atoms with E-state index < -0.39 is 0 Å². The molecule has 2 heteroatoms. The lowest BCUT2D eigenvalue weighted by Gasteiger charge is -2.19. The molecule has 0 bridgehead atoms. The molecule has 1 heterocycles. The summed E-state index contributed by atoms with van der Waals surface area (Å²) in [5, 5.41) is 12.7. The van der Waals surface area contributed by atoms with Gasteiger partial charge >= 0.3 is 0 Å². The van der Waals surface area contributed by atoms with E-state index in [0.29, 0.717) is 11.8 Å². The van der Waals surface area contributed by atoms with E-state index in [1.54, 1.807) is 0 Å². The molecule has 0 saturated carbocycles. The number of aliphatic hydroxyl groups is 1. The normalized spacial score (nSPS) is 33.6. The van der Waals surface area contributed by atoms with Crippen molar-refractivity contribution < 1.29 is 5.11 Å². The summed E-state index contributed by atoms with van der Waals surface area (Å²) in [6, 6.07) is 0. The highest BCUT2D eigenvalue weighted by Crippen LogP contribution is 2.21. The van der Waals surface area contributed by atoms with Gasteiger partial charge in [0.05, 0.1) is 6.10 Å². The molecule has 1 aliphatic heterocycles. The third-order valence-corrected chi connectivity index (χ3v) is 2.50. The van der Waals surface area contributed by atoms with Gasteiger partial charge in [-0.3, -0.25) is 0 Å². The smallest absolute Gasteiger partial charge is 0.0707 e. The maximum absolute atomic E-state index is 9.49. The second-order valence-corrected chi connectivity index (χ2v) is 3.39. The van der Waals surface area contributed by atoms with Crippen molar-refractivity contribution >= 4 is 0 Å². The van der Waals surface area contributed by atoms with E-state index in [2.05, 4.69) is 18.8 Å². The van der Waals surface area contributed by atoms with Gasteiger partial charge in [-0.1, -0.05) is 13.0 Å². The average molecular weight is 155 g/mol. The fourth-order valence-electron chi connectivity index (χ4n) is 1.70. The van der Waals surface area contributed by atoms with Crippen LogP contribution in [-0.2, 0) is 0 Å². The molecule has 1 saturated heterocycles. The molecule has 0 amide bonds. The van der Waals surface area contributed by atoms with Gasteiger partial charge in [-0.25, -0.2) is 0 Å². The Morgan fingerprint density at radius 1 is 1.73 bits per heavy atom. The van der Waals surface area contributed by atoms with Crippen LogP contribution in [0.5, 0.6) is 0 Å². The molecule has 1 aliphatic rings. The molecule has 64 valence electrons. The van der Waals surface area contributed by atoms with Crippen LogP contribution in [0.15, 0.2) is 12.7 Å². The highest BCUT2D eigenvalue weighted by atomic mass is 16.3. The Morgan fingerprint density at radius 3 is 2.91 bits per heavy atom. The SMILES string of the molecule is C=CCC(C)C1CNCC1O. The van der Waals surface area contributed by atoms with Gasteiger partial charge in [0.15, 0.2) is 0 Å². The topological polar surface area (TPSA) is 32.3 Å². The average Bonchev–Trinajstić information content (AvgIpc) is 2.36. The van der Waals surface area contributed by atoms with Gasteiger partial charge in [-0.15, -0.1) is 6.58 Å². The van der Waals surface area contributed by atoms with Gasteiger partial charge in [0, 0.05) is 19.0 Å². The van der Waals surface area contributed by atoms with Crippen LogP contribution >= 0.6 is 0 Å². The van der Waals surface area contributed by atoms with Crippen molar-refractivity contribution in [1.29, 1.82) is 0 Å². The fourth-order valence-corrected chi connectivity index (χ4v) is 1.70. The molecular formula is C9H17NO. The van der Waals surface area contributed by atoms with Gasteiger partial charge in [0.1, 0.15) is 0 Å². The van der Waals surface area contributed by atoms with E-state index in [9.17, 15) is 5.11 Å². The zero-order valence-corrected chi connectivity index (χ0v) is 7.09. The zero-order chi connectivity index (χ0) is 8.27. The van der Waals surface area contributed by atoms with Gasteiger partial charge in [-0.2, -0.15) is 0 Å².